The van der Waals surface area contributed by atoms with Gasteiger partial charge in [0.15, 0.2) is 0 Å². The fourth-order valence-corrected chi connectivity index (χ4v) is 3.37. The van der Waals surface area contributed by atoms with E-state index >= 15 is 0 Å². The number of rotatable bonds is 6. The first-order valence-electron chi connectivity index (χ1n) is 9.01. The van der Waals surface area contributed by atoms with E-state index in [1.165, 1.54) is 0 Å². The normalized spacial score (nSPS) is 14.8. The van der Waals surface area contributed by atoms with Crippen LogP contribution in [0, 0.1) is 5.41 Å². The van der Waals surface area contributed by atoms with Gasteiger partial charge in [-0.05, 0) is 37.5 Å². The van der Waals surface area contributed by atoms with Crippen molar-refractivity contribution in [2.75, 3.05) is 11.4 Å². The average Bonchev–Trinajstić information content (AvgIpc) is 2.67. The zero-order chi connectivity index (χ0) is 18.4. The molecule has 1 amide bonds. The second-order valence-corrected chi connectivity index (χ2v) is 6.93. The largest absolute Gasteiger partial charge is 0.307 e. The first-order chi connectivity index (χ1) is 12.6. The highest BCUT2D eigenvalue weighted by Crippen LogP contribution is 2.34. The Morgan fingerprint density at radius 2 is 1.58 bits per heavy atom. The van der Waals surface area contributed by atoms with E-state index in [0.717, 1.165) is 23.2 Å². The number of benzene rings is 2. The van der Waals surface area contributed by atoms with Crippen molar-refractivity contribution in [3.05, 3.63) is 103 Å². The molecule has 1 aliphatic carbocycles. The van der Waals surface area contributed by atoms with Crippen molar-refractivity contribution in [3.63, 3.8) is 0 Å². The number of carbonyl (C=O) groups excluding carboxylic acids is 1. The predicted octanol–water partition coefficient (Wildman–Crippen LogP) is 5.34. The smallest absolute Gasteiger partial charge is 0.241 e. The summed E-state index contributed by atoms with van der Waals surface area (Å²) < 4.78 is 0. The second-order valence-electron chi connectivity index (χ2n) is 6.93. The number of amides is 1. The van der Waals surface area contributed by atoms with Crippen molar-refractivity contribution in [1.82, 2.24) is 0 Å². The van der Waals surface area contributed by atoms with Crippen LogP contribution in [0.5, 0.6) is 0 Å². The molecule has 0 atom stereocenters. The van der Waals surface area contributed by atoms with Crippen LogP contribution >= 0.6 is 0 Å². The maximum atomic E-state index is 13.7. The quantitative estimate of drug-likeness (QED) is 0.648. The zero-order valence-electron chi connectivity index (χ0n) is 15.3. The van der Waals surface area contributed by atoms with Gasteiger partial charge in [-0.25, -0.2) is 0 Å². The van der Waals surface area contributed by atoms with Crippen LogP contribution in [0.25, 0.3) is 0 Å². The zero-order valence-corrected chi connectivity index (χ0v) is 15.3. The summed E-state index contributed by atoms with van der Waals surface area (Å²) in [6.07, 6.45) is 9.83. The Hall–Kier alpha value is -2.87. The Labute approximate surface area is 156 Å². The molecule has 132 valence electrons. The Balaban J connectivity index is 2.00. The van der Waals surface area contributed by atoms with Crippen molar-refractivity contribution in [2.24, 2.45) is 5.41 Å². The summed E-state index contributed by atoms with van der Waals surface area (Å²) in [5.74, 6) is 0.0859. The van der Waals surface area contributed by atoms with E-state index in [0.29, 0.717) is 13.0 Å². The Bertz CT molecular complexity index is 806. The molecule has 0 saturated heterocycles. The third kappa shape index (κ3) is 4.02. The molecule has 0 N–H and O–H groups in total. The molecule has 26 heavy (non-hydrogen) atoms. The highest BCUT2D eigenvalue weighted by Gasteiger charge is 2.38. The summed E-state index contributed by atoms with van der Waals surface area (Å²) >= 11 is 0. The average molecular weight is 343 g/mol. The predicted molar refractivity (Wildman–Crippen MR) is 109 cm³/mol. The van der Waals surface area contributed by atoms with Crippen molar-refractivity contribution in [1.29, 1.82) is 0 Å². The minimum Gasteiger partial charge on any atom is -0.307 e. The first-order valence-corrected chi connectivity index (χ1v) is 9.01. The fraction of sp³-hybridized carbons (Fsp3) is 0.208. The van der Waals surface area contributed by atoms with Crippen LogP contribution in [-0.4, -0.2) is 12.5 Å². The summed E-state index contributed by atoms with van der Waals surface area (Å²) in [6.45, 7) is 6.50. The molecule has 0 aromatic heterocycles. The lowest BCUT2D eigenvalue weighted by Gasteiger charge is -2.35. The maximum Gasteiger partial charge on any atom is 0.241 e. The maximum absolute atomic E-state index is 13.7. The molecule has 0 saturated carbocycles. The lowest BCUT2D eigenvalue weighted by Crippen LogP contribution is -2.44. The Morgan fingerprint density at radius 1 is 1.00 bits per heavy atom. The molecule has 0 spiro atoms. The van der Waals surface area contributed by atoms with Gasteiger partial charge in [-0.3, -0.25) is 4.79 Å². The van der Waals surface area contributed by atoms with Gasteiger partial charge >= 0.3 is 0 Å². The molecule has 0 heterocycles. The lowest BCUT2D eigenvalue weighted by atomic mass is 9.77. The van der Waals surface area contributed by atoms with Crippen LogP contribution in [0.2, 0.25) is 0 Å². The van der Waals surface area contributed by atoms with Gasteiger partial charge in [0, 0.05) is 12.2 Å². The minimum atomic E-state index is -0.662. The lowest BCUT2D eigenvalue weighted by molar-refractivity contribution is -0.123. The topological polar surface area (TPSA) is 20.3 Å². The Kier molecular flexibility index (Phi) is 5.52. The number of hydrogen-bond donors (Lipinski definition) is 0. The van der Waals surface area contributed by atoms with E-state index in [1.54, 1.807) is 0 Å². The third-order valence-corrected chi connectivity index (χ3v) is 4.58. The van der Waals surface area contributed by atoms with E-state index in [4.69, 9.17) is 0 Å². The molecular formula is C24H25NO. The number of hydrogen-bond acceptors (Lipinski definition) is 1. The van der Waals surface area contributed by atoms with Gasteiger partial charge in [0.2, 0.25) is 5.91 Å². The van der Waals surface area contributed by atoms with Gasteiger partial charge in [-0.1, -0.05) is 85.0 Å². The molecule has 0 bridgehead atoms. The molecule has 1 aliphatic rings. The van der Waals surface area contributed by atoms with E-state index in [9.17, 15) is 4.79 Å². The van der Waals surface area contributed by atoms with E-state index in [-0.39, 0.29) is 5.91 Å². The van der Waals surface area contributed by atoms with Crippen LogP contribution in [0.15, 0.2) is 97.1 Å². The summed E-state index contributed by atoms with van der Waals surface area (Å²) in [7, 11) is 0. The van der Waals surface area contributed by atoms with Crippen molar-refractivity contribution < 1.29 is 4.79 Å². The second kappa shape index (κ2) is 8.01. The van der Waals surface area contributed by atoms with E-state index in [2.05, 4.69) is 43.0 Å². The number of para-hydroxylation sites is 1. The Morgan fingerprint density at radius 3 is 2.15 bits per heavy atom. The first kappa shape index (κ1) is 17.9. The fourth-order valence-electron chi connectivity index (χ4n) is 3.37. The van der Waals surface area contributed by atoms with E-state index < -0.39 is 5.41 Å². The molecule has 0 fully saturated rings. The van der Waals surface area contributed by atoms with Crippen molar-refractivity contribution in [2.45, 2.75) is 19.8 Å². The van der Waals surface area contributed by atoms with Gasteiger partial charge in [-0.2, -0.15) is 0 Å². The van der Waals surface area contributed by atoms with Crippen molar-refractivity contribution >= 4 is 11.6 Å². The molecule has 0 aliphatic heterocycles. The molecule has 2 aromatic carbocycles. The summed E-state index contributed by atoms with van der Waals surface area (Å²) in [6, 6.07) is 20.1. The van der Waals surface area contributed by atoms with Gasteiger partial charge < -0.3 is 4.90 Å². The van der Waals surface area contributed by atoms with Gasteiger partial charge in [0.25, 0.3) is 0 Å². The van der Waals surface area contributed by atoms with E-state index in [1.807, 2.05) is 60.4 Å². The minimum absolute atomic E-state index is 0.0859. The number of anilines is 1. The monoisotopic (exact) mass is 343 g/mol. The van der Waals surface area contributed by atoms with Crippen molar-refractivity contribution in [3.8, 4) is 0 Å². The van der Waals surface area contributed by atoms with Crippen LogP contribution in [0.3, 0.4) is 0 Å². The van der Waals surface area contributed by atoms with Crippen LogP contribution in [0.1, 0.15) is 18.9 Å². The van der Waals surface area contributed by atoms with Crippen LogP contribution in [0.4, 0.5) is 5.69 Å². The number of nitrogens with zero attached hydrogens (tertiary/aromatic N) is 1. The molecule has 3 rings (SSSR count). The molecule has 2 heteroatoms. The van der Waals surface area contributed by atoms with Crippen LogP contribution < -0.4 is 4.90 Å². The summed E-state index contributed by atoms with van der Waals surface area (Å²) in [4.78, 5) is 15.6. The van der Waals surface area contributed by atoms with Crippen LogP contribution in [-0.2, 0) is 11.2 Å². The summed E-state index contributed by atoms with van der Waals surface area (Å²) in [5, 5.41) is 0. The molecule has 0 unspecified atom stereocenters. The number of carbonyl (C=O) groups is 1. The summed E-state index contributed by atoms with van der Waals surface area (Å²) in [5.41, 5.74) is 2.35. The van der Waals surface area contributed by atoms with Gasteiger partial charge in [0.05, 0.1) is 5.41 Å². The van der Waals surface area contributed by atoms with Gasteiger partial charge in [0.1, 0.15) is 0 Å². The number of allylic oxidation sites excluding steroid dienone is 2. The highest BCUT2D eigenvalue weighted by molar-refractivity contribution is 6.01. The highest BCUT2D eigenvalue weighted by atomic mass is 16.2. The SMILES string of the molecule is C=C(C)CN(C(=O)C1(Cc2ccccc2)C=CCC=C1)c1ccccc1. The molecule has 2 aromatic rings. The molecular weight excluding hydrogens is 318 g/mol. The molecule has 0 radical (unpaired) electrons. The third-order valence-electron chi connectivity index (χ3n) is 4.58. The van der Waals surface area contributed by atoms with Gasteiger partial charge in [-0.15, -0.1) is 0 Å². The standard InChI is InChI=1S/C24H25NO/c1-20(2)19-25(22-14-8-4-9-15-22)23(26)24(16-10-5-11-17-24)18-21-12-6-3-7-13-21/h3-4,6-17H,1,5,18-19H2,2H3. The molecule has 2 nitrogen and oxygen atoms in total.